The number of nitrogens with zero attached hydrogens (tertiary/aromatic N) is 2. The Morgan fingerprint density at radius 2 is 2.10 bits per heavy atom. The molecule has 0 saturated carbocycles. The van der Waals surface area contributed by atoms with Gasteiger partial charge < -0.3 is 10.1 Å². The fraction of sp³-hybridized carbons (Fsp3) is 0.375. The molecule has 21 heavy (non-hydrogen) atoms. The molecule has 2 aromatic rings. The first-order valence-corrected chi connectivity index (χ1v) is 6.95. The summed E-state index contributed by atoms with van der Waals surface area (Å²) in [5.41, 5.74) is 1.33. The molecule has 0 aliphatic heterocycles. The van der Waals surface area contributed by atoms with Crippen molar-refractivity contribution in [1.29, 1.82) is 0 Å². The molecule has 2 rings (SSSR count). The maximum atomic E-state index is 13.3. The van der Waals surface area contributed by atoms with Gasteiger partial charge in [0.15, 0.2) is 5.75 Å². The predicted molar refractivity (Wildman–Crippen MR) is 80.1 cm³/mol. The number of rotatable bonds is 5. The Morgan fingerprint density at radius 3 is 2.71 bits per heavy atom. The predicted octanol–water partition coefficient (Wildman–Crippen LogP) is 3.56. The highest BCUT2D eigenvalue weighted by Gasteiger charge is 2.11. The van der Waals surface area contributed by atoms with Gasteiger partial charge in [-0.25, -0.2) is 14.4 Å². The minimum absolute atomic E-state index is 0.246. The Bertz CT molecular complexity index is 629. The lowest BCUT2D eigenvalue weighted by Gasteiger charge is -2.13. The summed E-state index contributed by atoms with van der Waals surface area (Å²) in [5.74, 6) is 1.95. The van der Waals surface area contributed by atoms with Gasteiger partial charge in [-0.15, -0.1) is 0 Å². The highest BCUT2D eigenvalue weighted by Crippen LogP contribution is 2.26. The van der Waals surface area contributed by atoms with E-state index in [0.29, 0.717) is 23.6 Å². The van der Waals surface area contributed by atoms with Crippen molar-refractivity contribution >= 4 is 0 Å². The molecule has 0 radical (unpaired) electrons. The van der Waals surface area contributed by atoms with Crippen molar-refractivity contribution in [3.05, 3.63) is 47.3 Å². The van der Waals surface area contributed by atoms with Crippen molar-refractivity contribution in [2.24, 2.45) is 0 Å². The van der Waals surface area contributed by atoms with Crippen LogP contribution in [0.3, 0.4) is 0 Å². The van der Waals surface area contributed by atoms with Gasteiger partial charge in [-0.2, -0.15) is 0 Å². The molecule has 112 valence electrons. The van der Waals surface area contributed by atoms with Crippen LogP contribution >= 0.6 is 0 Å². The summed E-state index contributed by atoms with van der Waals surface area (Å²) in [5, 5.41) is 3.07. The third-order valence-electron chi connectivity index (χ3n) is 3.07. The van der Waals surface area contributed by atoms with Gasteiger partial charge in [0.1, 0.15) is 23.1 Å². The van der Waals surface area contributed by atoms with E-state index in [2.05, 4.69) is 15.3 Å². The molecule has 0 spiro atoms. The van der Waals surface area contributed by atoms with Gasteiger partial charge in [0, 0.05) is 12.5 Å². The molecule has 0 aliphatic carbocycles. The standard InChI is InChI=1S/C16H20FN3O/c1-10(2)16-19-9-15(14(20-16)8-18-4)21-12-5-6-13(17)11(3)7-12/h5-7,9-10,18H,8H2,1-4H3. The Morgan fingerprint density at radius 1 is 1.33 bits per heavy atom. The van der Waals surface area contributed by atoms with Crippen LogP contribution in [0.15, 0.2) is 24.4 Å². The number of aromatic nitrogens is 2. The van der Waals surface area contributed by atoms with Gasteiger partial charge in [-0.05, 0) is 37.7 Å². The van der Waals surface area contributed by atoms with Crippen LogP contribution in [0, 0.1) is 12.7 Å². The molecule has 0 saturated heterocycles. The molecular weight excluding hydrogens is 269 g/mol. The van der Waals surface area contributed by atoms with Crippen molar-refractivity contribution in [3.63, 3.8) is 0 Å². The van der Waals surface area contributed by atoms with Crippen LogP contribution in [0.25, 0.3) is 0 Å². The molecule has 0 bridgehead atoms. The van der Waals surface area contributed by atoms with Crippen LogP contribution in [0.5, 0.6) is 11.5 Å². The van der Waals surface area contributed by atoms with E-state index in [1.807, 2.05) is 20.9 Å². The SMILES string of the molecule is CNCc1nc(C(C)C)ncc1Oc1ccc(F)c(C)c1. The highest BCUT2D eigenvalue weighted by molar-refractivity contribution is 5.35. The molecule has 1 aromatic heterocycles. The van der Waals surface area contributed by atoms with Crippen LogP contribution in [0.4, 0.5) is 4.39 Å². The minimum atomic E-state index is -0.246. The van der Waals surface area contributed by atoms with Crippen LogP contribution in [0.2, 0.25) is 0 Å². The molecule has 0 unspecified atom stereocenters. The van der Waals surface area contributed by atoms with Crippen molar-refractivity contribution in [2.75, 3.05) is 7.05 Å². The van der Waals surface area contributed by atoms with Gasteiger partial charge in [0.05, 0.1) is 6.20 Å². The zero-order chi connectivity index (χ0) is 15.4. The monoisotopic (exact) mass is 289 g/mol. The molecule has 0 fully saturated rings. The zero-order valence-corrected chi connectivity index (χ0v) is 12.8. The number of benzene rings is 1. The highest BCUT2D eigenvalue weighted by atomic mass is 19.1. The number of aryl methyl sites for hydroxylation is 1. The molecule has 1 aromatic carbocycles. The maximum absolute atomic E-state index is 13.3. The van der Waals surface area contributed by atoms with E-state index >= 15 is 0 Å². The first kappa shape index (κ1) is 15.4. The van der Waals surface area contributed by atoms with Crippen molar-refractivity contribution in [2.45, 2.75) is 33.2 Å². The summed E-state index contributed by atoms with van der Waals surface area (Å²) in [6, 6.07) is 4.66. The molecule has 0 amide bonds. The fourth-order valence-corrected chi connectivity index (χ4v) is 1.89. The van der Waals surface area contributed by atoms with Crippen molar-refractivity contribution in [1.82, 2.24) is 15.3 Å². The number of ether oxygens (including phenoxy) is 1. The van der Waals surface area contributed by atoms with E-state index in [9.17, 15) is 4.39 Å². The molecule has 1 heterocycles. The number of halogens is 1. The largest absolute Gasteiger partial charge is 0.454 e. The topological polar surface area (TPSA) is 47.0 Å². The normalized spacial score (nSPS) is 11.0. The fourth-order valence-electron chi connectivity index (χ4n) is 1.89. The average Bonchev–Trinajstić information content (AvgIpc) is 2.45. The van der Waals surface area contributed by atoms with E-state index in [0.717, 1.165) is 11.5 Å². The van der Waals surface area contributed by atoms with Gasteiger partial charge in [0.2, 0.25) is 0 Å². The summed E-state index contributed by atoms with van der Waals surface area (Å²) >= 11 is 0. The quantitative estimate of drug-likeness (QED) is 0.914. The Kier molecular flexibility index (Phi) is 4.85. The van der Waals surface area contributed by atoms with E-state index in [-0.39, 0.29) is 11.7 Å². The summed E-state index contributed by atoms with van der Waals surface area (Å²) in [6.07, 6.45) is 1.67. The summed E-state index contributed by atoms with van der Waals surface area (Å²) in [7, 11) is 1.85. The van der Waals surface area contributed by atoms with Crippen LogP contribution in [-0.4, -0.2) is 17.0 Å². The third-order valence-corrected chi connectivity index (χ3v) is 3.07. The molecule has 5 heteroatoms. The Labute approximate surface area is 124 Å². The number of nitrogens with one attached hydrogen (secondary N) is 1. The van der Waals surface area contributed by atoms with Crippen molar-refractivity contribution in [3.8, 4) is 11.5 Å². The first-order valence-electron chi connectivity index (χ1n) is 6.95. The zero-order valence-electron chi connectivity index (χ0n) is 12.8. The Balaban J connectivity index is 2.31. The van der Waals surface area contributed by atoms with Gasteiger partial charge in [-0.1, -0.05) is 13.8 Å². The van der Waals surface area contributed by atoms with Crippen LogP contribution in [0.1, 0.15) is 36.8 Å². The second-order valence-corrected chi connectivity index (χ2v) is 5.24. The maximum Gasteiger partial charge on any atom is 0.168 e. The molecular formula is C16H20FN3O. The first-order chi connectivity index (χ1) is 10.0. The second-order valence-electron chi connectivity index (χ2n) is 5.24. The summed E-state index contributed by atoms with van der Waals surface area (Å²) < 4.78 is 19.1. The Hall–Kier alpha value is -2.01. The minimum Gasteiger partial charge on any atom is -0.454 e. The second kappa shape index (κ2) is 6.63. The molecule has 0 aliphatic rings. The van der Waals surface area contributed by atoms with Gasteiger partial charge in [0.25, 0.3) is 0 Å². The van der Waals surface area contributed by atoms with E-state index in [1.165, 1.54) is 6.07 Å². The van der Waals surface area contributed by atoms with Crippen molar-refractivity contribution < 1.29 is 9.13 Å². The van der Waals surface area contributed by atoms with Crippen LogP contribution < -0.4 is 10.1 Å². The van der Waals surface area contributed by atoms with Gasteiger partial charge >= 0.3 is 0 Å². The molecule has 0 atom stereocenters. The lowest BCUT2D eigenvalue weighted by atomic mass is 10.2. The van der Waals surface area contributed by atoms with E-state index in [1.54, 1.807) is 25.3 Å². The number of hydrogen-bond acceptors (Lipinski definition) is 4. The molecule has 1 N–H and O–H groups in total. The van der Waals surface area contributed by atoms with E-state index < -0.39 is 0 Å². The molecule has 4 nitrogen and oxygen atoms in total. The number of hydrogen-bond donors (Lipinski definition) is 1. The lowest BCUT2D eigenvalue weighted by molar-refractivity contribution is 0.462. The van der Waals surface area contributed by atoms with Gasteiger partial charge in [-0.3, -0.25) is 0 Å². The summed E-state index contributed by atoms with van der Waals surface area (Å²) in [4.78, 5) is 8.84. The third kappa shape index (κ3) is 3.76. The summed E-state index contributed by atoms with van der Waals surface area (Å²) in [6.45, 7) is 6.37. The lowest BCUT2D eigenvalue weighted by Crippen LogP contribution is -2.11. The van der Waals surface area contributed by atoms with Crippen LogP contribution in [-0.2, 0) is 6.54 Å². The average molecular weight is 289 g/mol. The van der Waals surface area contributed by atoms with E-state index in [4.69, 9.17) is 4.74 Å². The smallest absolute Gasteiger partial charge is 0.168 e.